The number of carbonyl (C=O) groups excluding carboxylic acids is 1. The largest absolute Gasteiger partial charge is 0.480 e. The standard InChI is InChI=1S/C12H12F3NO3/c1-5(2)10(12(18)19)16-11(17)6-3-8(14)9(15)4-7(6)13/h3-5,10H,1-2H3,(H,16,17)(H,18,19)/t10-/m1/s1. The number of hydrogen-bond donors (Lipinski definition) is 2. The molecule has 0 radical (unpaired) electrons. The average molecular weight is 275 g/mol. The van der Waals surface area contributed by atoms with Crippen LogP contribution in [-0.4, -0.2) is 23.0 Å². The highest BCUT2D eigenvalue weighted by Crippen LogP contribution is 2.14. The van der Waals surface area contributed by atoms with Crippen molar-refractivity contribution in [3.8, 4) is 0 Å². The highest BCUT2D eigenvalue weighted by Gasteiger charge is 2.25. The fourth-order valence-electron chi connectivity index (χ4n) is 1.43. The number of hydrogen-bond acceptors (Lipinski definition) is 2. The van der Waals surface area contributed by atoms with Gasteiger partial charge in [0.2, 0.25) is 0 Å². The predicted octanol–water partition coefficient (Wildman–Crippen LogP) is 1.94. The fourth-order valence-corrected chi connectivity index (χ4v) is 1.43. The van der Waals surface area contributed by atoms with Crippen LogP contribution in [0.4, 0.5) is 13.2 Å². The third kappa shape index (κ3) is 3.46. The molecule has 0 saturated carbocycles. The minimum absolute atomic E-state index is 0.232. The smallest absolute Gasteiger partial charge is 0.326 e. The zero-order valence-electron chi connectivity index (χ0n) is 10.2. The minimum atomic E-state index is -1.42. The van der Waals surface area contributed by atoms with Gasteiger partial charge in [-0.25, -0.2) is 18.0 Å². The molecular weight excluding hydrogens is 263 g/mol. The third-order valence-corrected chi connectivity index (χ3v) is 2.47. The number of benzene rings is 1. The number of carboxylic acid groups (broad SMARTS) is 1. The molecule has 0 spiro atoms. The molecule has 0 aliphatic heterocycles. The Morgan fingerprint density at radius 2 is 1.63 bits per heavy atom. The first-order valence-corrected chi connectivity index (χ1v) is 5.42. The molecule has 1 aromatic carbocycles. The van der Waals surface area contributed by atoms with E-state index in [1.165, 1.54) is 0 Å². The van der Waals surface area contributed by atoms with Gasteiger partial charge in [-0.1, -0.05) is 13.8 Å². The molecule has 0 fully saturated rings. The lowest BCUT2D eigenvalue weighted by Gasteiger charge is -2.18. The van der Waals surface area contributed by atoms with E-state index in [2.05, 4.69) is 5.32 Å². The fraction of sp³-hybridized carbons (Fsp3) is 0.333. The Kier molecular flexibility index (Phi) is 4.52. The van der Waals surface area contributed by atoms with Gasteiger partial charge in [-0.05, 0) is 12.0 Å². The lowest BCUT2D eigenvalue weighted by molar-refractivity contribution is -0.140. The number of carboxylic acids is 1. The number of nitrogens with one attached hydrogen (secondary N) is 1. The van der Waals surface area contributed by atoms with Gasteiger partial charge in [0.15, 0.2) is 11.6 Å². The van der Waals surface area contributed by atoms with Gasteiger partial charge in [-0.3, -0.25) is 4.79 Å². The summed E-state index contributed by atoms with van der Waals surface area (Å²) in [5.41, 5.74) is -0.745. The van der Waals surface area contributed by atoms with Crippen LogP contribution in [0.2, 0.25) is 0 Å². The van der Waals surface area contributed by atoms with Gasteiger partial charge >= 0.3 is 5.97 Å². The van der Waals surface area contributed by atoms with Crippen molar-refractivity contribution in [3.05, 3.63) is 35.1 Å². The van der Waals surface area contributed by atoms with Crippen LogP contribution in [0.15, 0.2) is 12.1 Å². The van der Waals surface area contributed by atoms with Crippen LogP contribution in [0, 0.1) is 23.4 Å². The molecule has 2 N–H and O–H groups in total. The van der Waals surface area contributed by atoms with Crippen molar-refractivity contribution in [1.29, 1.82) is 0 Å². The molecule has 1 rings (SSSR count). The molecule has 4 nitrogen and oxygen atoms in total. The normalized spacial score (nSPS) is 12.3. The highest BCUT2D eigenvalue weighted by molar-refractivity contribution is 5.96. The topological polar surface area (TPSA) is 66.4 Å². The van der Waals surface area contributed by atoms with Crippen molar-refractivity contribution < 1.29 is 27.9 Å². The van der Waals surface area contributed by atoms with Crippen molar-refractivity contribution in [2.24, 2.45) is 5.92 Å². The molecule has 0 aliphatic rings. The molecule has 7 heteroatoms. The number of halogens is 3. The molecule has 104 valence electrons. The van der Waals surface area contributed by atoms with Crippen LogP contribution < -0.4 is 5.32 Å². The maximum Gasteiger partial charge on any atom is 0.326 e. The Bertz CT molecular complexity index is 517. The van der Waals surface area contributed by atoms with Crippen LogP contribution in [0.3, 0.4) is 0 Å². The second kappa shape index (κ2) is 5.73. The van der Waals surface area contributed by atoms with Crippen molar-refractivity contribution in [2.45, 2.75) is 19.9 Å². The number of rotatable bonds is 4. The summed E-state index contributed by atoms with van der Waals surface area (Å²) in [5, 5.41) is 10.9. The Morgan fingerprint density at radius 1 is 1.11 bits per heavy atom. The van der Waals surface area contributed by atoms with E-state index in [-0.39, 0.29) is 6.07 Å². The van der Waals surface area contributed by atoms with Gasteiger partial charge in [0.05, 0.1) is 5.56 Å². The quantitative estimate of drug-likeness (QED) is 0.825. The minimum Gasteiger partial charge on any atom is -0.480 e. The van der Waals surface area contributed by atoms with Crippen molar-refractivity contribution in [3.63, 3.8) is 0 Å². The maximum absolute atomic E-state index is 13.3. The predicted molar refractivity (Wildman–Crippen MR) is 60.0 cm³/mol. The first-order valence-electron chi connectivity index (χ1n) is 5.42. The molecular formula is C12H12F3NO3. The number of aliphatic carboxylic acids is 1. The van der Waals surface area contributed by atoms with Gasteiger partial charge in [0, 0.05) is 6.07 Å². The Balaban J connectivity index is 3.01. The monoisotopic (exact) mass is 275 g/mol. The molecule has 0 aliphatic carbocycles. The van der Waals surface area contributed by atoms with Crippen LogP contribution in [0.25, 0.3) is 0 Å². The average Bonchev–Trinajstić information content (AvgIpc) is 2.29. The van der Waals surface area contributed by atoms with Gasteiger partial charge in [-0.2, -0.15) is 0 Å². The van der Waals surface area contributed by atoms with Gasteiger partial charge in [0.25, 0.3) is 5.91 Å². The molecule has 1 atom stereocenters. The lowest BCUT2D eigenvalue weighted by Crippen LogP contribution is -2.44. The van der Waals surface area contributed by atoms with Crippen molar-refractivity contribution in [2.75, 3.05) is 0 Å². The molecule has 0 unspecified atom stereocenters. The zero-order valence-corrected chi connectivity index (χ0v) is 10.2. The summed E-state index contributed by atoms with van der Waals surface area (Å²) in [4.78, 5) is 22.5. The Hall–Kier alpha value is -2.05. The SMILES string of the molecule is CC(C)[C@@H](NC(=O)c1cc(F)c(F)cc1F)C(=O)O. The summed E-state index contributed by atoms with van der Waals surface area (Å²) < 4.78 is 39.0. The van der Waals surface area contributed by atoms with Crippen molar-refractivity contribution in [1.82, 2.24) is 5.32 Å². The molecule has 1 amide bonds. The van der Waals surface area contributed by atoms with Gasteiger partial charge in [0.1, 0.15) is 11.9 Å². The summed E-state index contributed by atoms with van der Waals surface area (Å²) in [5.74, 6) is -6.93. The van der Waals surface area contributed by atoms with Gasteiger partial charge in [-0.15, -0.1) is 0 Å². The number of carbonyl (C=O) groups is 2. The van der Waals surface area contributed by atoms with Crippen LogP contribution in [0.1, 0.15) is 24.2 Å². The molecule has 0 aromatic heterocycles. The highest BCUT2D eigenvalue weighted by atomic mass is 19.2. The van der Waals surface area contributed by atoms with E-state index >= 15 is 0 Å². The molecule has 0 saturated heterocycles. The first kappa shape index (κ1) is 15.0. The summed E-state index contributed by atoms with van der Waals surface area (Å²) in [6, 6.07) is -0.630. The van der Waals surface area contributed by atoms with Crippen LogP contribution in [-0.2, 0) is 4.79 Å². The van der Waals surface area contributed by atoms with E-state index in [0.717, 1.165) is 0 Å². The zero-order chi connectivity index (χ0) is 14.7. The Labute approximate surface area is 107 Å². The summed E-state index contributed by atoms with van der Waals surface area (Å²) in [6.45, 7) is 3.08. The van der Waals surface area contributed by atoms with E-state index in [9.17, 15) is 22.8 Å². The van der Waals surface area contributed by atoms with E-state index in [0.29, 0.717) is 6.07 Å². The summed E-state index contributed by atoms with van der Waals surface area (Å²) in [7, 11) is 0. The summed E-state index contributed by atoms with van der Waals surface area (Å²) in [6.07, 6.45) is 0. The number of amides is 1. The van der Waals surface area contributed by atoms with Crippen molar-refractivity contribution >= 4 is 11.9 Å². The second-order valence-corrected chi connectivity index (χ2v) is 4.28. The molecule has 19 heavy (non-hydrogen) atoms. The second-order valence-electron chi connectivity index (χ2n) is 4.28. The van der Waals surface area contributed by atoms with E-state index in [4.69, 9.17) is 5.11 Å². The summed E-state index contributed by atoms with van der Waals surface area (Å²) >= 11 is 0. The van der Waals surface area contributed by atoms with Crippen LogP contribution in [0.5, 0.6) is 0 Å². The molecule has 0 heterocycles. The van der Waals surface area contributed by atoms with Gasteiger partial charge < -0.3 is 10.4 Å². The first-order chi connectivity index (χ1) is 8.73. The third-order valence-electron chi connectivity index (χ3n) is 2.47. The van der Waals surface area contributed by atoms with E-state index < -0.39 is 46.9 Å². The van der Waals surface area contributed by atoms with Crippen LogP contribution >= 0.6 is 0 Å². The molecule has 0 bridgehead atoms. The maximum atomic E-state index is 13.3. The lowest BCUT2D eigenvalue weighted by atomic mass is 10.0. The molecule has 1 aromatic rings. The Morgan fingerprint density at radius 3 is 2.11 bits per heavy atom. The van der Waals surface area contributed by atoms with E-state index in [1.807, 2.05) is 0 Å². The van der Waals surface area contributed by atoms with E-state index in [1.54, 1.807) is 13.8 Å².